The summed E-state index contributed by atoms with van der Waals surface area (Å²) in [5.74, 6) is 0. The van der Waals surface area contributed by atoms with E-state index in [4.69, 9.17) is 0 Å². The first-order chi connectivity index (χ1) is 30.3. The fourth-order valence-corrected chi connectivity index (χ4v) is 11.8. The maximum atomic E-state index is 2.56. The summed E-state index contributed by atoms with van der Waals surface area (Å²) in [6.45, 7) is 9.17. The Morgan fingerprint density at radius 1 is 0.387 bits per heavy atom. The Kier molecular flexibility index (Phi) is 7.16. The van der Waals surface area contributed by atoms with Crippen LogP contribution in [0, 0.1) is 13.8 Å². The van der Waals surface area contributed by atoms with Crippen LogP contribution in [0.2, 0.25) is 0 Å². The molecule has 13 rings (SSSR count). The van der Waals surface area contributed by atoms with E-state index in [9.17, 15) is 0 Å². The van der Waals surface area contributed by atoms with Crippen molar-refractivity contribution in [1.82, 2.24) is 4.57 Å². The highest BCUT2D eigenvalue weighted by Gasteiger charge is 2.51. The molecule has 62 heavy (non-hydrogen) atoms. The standard InChI is InChI=1S/C60H44N2/c1-37-22-30-56-48(32-37)49-33-38(2)34-55-58(49)62(56)57-31-25-40(35-54(57)60(55)52-20-12-9-16-44(52)45-17-10-13-21-53(45)60)39-23-26-42(27-24-39)61(41-14-6-5-7-15-41)43-28-29-51-47(36-43)46-18-8-11-19-50(46)59(51,3)4/h5-36H,1-4H3. The van der Waals surface area contributed by atoms with Gasteiger partial charge in [0.05, 0.1) is 22.1 Å². The van der Waals surface area contributed by atoms with Crippen LogP contribution in [0.5, 0.6) is 0 Å². The Hall–Kier alpha value is -7.42. The van der Waals surface area contributed by atoms with Crippen LogP contribution in [-0.2, 0) is 10.8 Å². The van der Waals surface area contributed by atoms with Crippen molar-refractivity contribution in [2.45, 2.75) is 38.5 Å². The number of hydrogen-bond donors (Lipinski definition) is 0. The Morgan fingerprint density at radius 3 is 1.69 bits per heavy atom. The lowest BCUT2D eigenvalue weighted by Gasteiger charge is -2.40. The largest absolute Gasteiger partial charge is 0.310 e. The molecule has 0 unspecified atom stereocenters. The maximum absolute atomic E-state index is 2.56. The zero-order valence-corrected chi connectivity index (χ0v) is 35.4. The third-order valence-electron chi connectivity index (χ3n) is 14.5. The summed E-state index contributed by atoms with van der Waals surface area (Å²) in [4.78, 5) is 2.40. The average Bonchev–Trinajstić information content (AvgIpc) is 3.87. The predicted molar refractivity (Wildman–Crippen MR) is 259 cm³/mol. The molecule has 1 aromatic heterocycles. The van der Waals surface area contributed by atoms with Crippen molar-refractivity contribution >= 4 is 38.9 Å². The van der Waals surface area contributed by atoms with E-state index in [-0.39, 0.29) is 5.41 Å². The van der Waals surface area contributed by atoms with Crippen LogP contribution in [0.15, 0.2) is 194 Å². The first-order valence-electron chi connectivity index (χ1n) is 21.9. The fourth-order valence-electron chi connectivity index (χ4n) is 11.8. The zero-order valence-electron chi connectivity index (χ0n) is 35.4. The number of aromatic nitrogens is 1. The van der Waals surface area contributed by atoms with E-state index in [2.05, 4.69) is 231 Å². The molecule has 0 fully saturated rings. The van der Waals surface area contributed by atoms with Crippen LogP contribution in [0.4, 0.5) is 17.1 Å². The average molecular weight is 793 g/mol. The van der Waals surface area contributed by atoms with E-state index in [0.29, 0.717) is 0 Å². The Bertz CT molecular complexity index is 3470. The second-order valence-corrected chi connectivity index (χ2v) is 18.3. The highest BCUT2D eigenvalue weighted by molar-refractivity contribution is 6.13. The van der Waals surface area contributed by atoms with Crippen LogP contribution in [0.1, 0.15) is 58.4 Å². The summed E-state index contributed by atoms with van der Waals surface area (Å²) in [5.41, 5.74) is 25.1. The molecule has 2 heteroatoms. The molecule has 10 aromatic rings. The van der Waals surface area contributed by atoms with Gasteiger partial charge in [0.25, 0.3) is 0 Å². The van der Waals surface area contributed by atoms with Gasteiger partial charge in [-0.05, 0) is 147 Å². The van der Waals surface area contributed by atoms with Crippen LogP contribution in [0.25, 0.3) is 60.9 Å². The molecule has 0 radical (unpaired) electrons. The van der Waals surface area contributed by atoms with E-state index in [1.54, 1.807) is 0 Å². The van der Waals surface area contributed by atoms with Crippen LogP contribution >= 0.6 is 0 Å². The van der Waals surface area contributed by atoms with E-state index < -0.39 is 5.41 Å². The molecule has 1 spiro atoms. The molecule has 2 aliphatic carbocycles. The zero-order chi connectivity index (χ0) is 41.5. The maximum Gasteiger partial charge on any atom is 0.0754 e. The van der Waals surface area contributed by atoms with Crippen molar-refractivity contribution in [2.24, 2.45) is 0 Å². The SMILES string of the molecule is Cc1ccc2c(c1)c1cc(C)cc3c1n2-c1ccc(-c2ccc(N(c4ccccc4)c4ccc5c(c4)-c4ccccc4C5(C)C)cc2)cc1C31c2ccccc2-c2ccccc21. The van der Waals surface area contributed by atoms with Crippen molar-refractivity contribution < 1.29 is 0 Å². The second-order valence-electron chi connectivity index (χ2n) is 18.3. The summed E-state index contributed by atoms with van der Waals surface area (Å²) in [6, 6.07) is 73.3. The number of fused-ring (bicyclic) bond motifs is 15. The smallest absolute Gasteiger partial charge is 0.0754 e. The van der Waals surface area contributed by atoms with E-state index in [0.717, 1.165) is 17.1 Å². The lowest BCUT2D eigenvalue weighted by Crippen LogP contribution is -2.33. The topological polar surface area (TPSA) is 8.17 Å². The van der Waals surface area contributed by atoms with Crippen LogP contribution < -0.4 is 4.90 Å². The van der Waals surface area contributed by atoms with Gasteiger partial charge in [-0.2, -0.15) is 0 Å². The molecule has 0 saturated heterocycles. The van der Waals surface area contributed by atoms with Gasteiger partial charge in [-0.3, -0.25) is 0 Å². The molecule has 0 saturated carbocycles. The lowest BCUT2D eigenvalue weighted by atomic mass is 9.65. The molecule has 294 valence electrons. The molecule has 0 atom stereocenters. The number of para-hydroxylation sites is 1. The number of anilines is 3. The van der Waals surface area contributed by atoms with Gasteiger partial charge >= 0.3 is 0 Å². The first kappa shape index (κ1) is 35.3. The van der Waals surface area contributed by atoms with E-state index in [1.807, 2.05) is 0 Å². The van der Waals surface area contributed by atoms with Gasteiger partial charge in [-0.15, -0.1) is 0 Å². The number of benzene rings is 9. The summed E-state index contributed by atoms with van der Waals surface area (Å²) >= 11 is 0. The van der Waals surface area contributed by atoms with Gasteiger partial charge in [0, 0.05) is 33.2 Å². The highest BCUT2D eigenvalue weighted by atomic mass is 15.1. The molecule has 9 aromatic carbocycles. The molecule has 3 aliphatic rings. The van der Waals surface area contributed by atoms with Gasteiger partial charge in [-0.1, -0.05) is 152 Å². The molecule has 0 bridgehead atoms. The number of aryl methyl sites for hydroxylation is 2. The summed E-state index contributed by atoms with van der Waals surface area (Å²) in [6.07, 6.45) is 0. The van der Waals surface area contributed by atoms with Gasteiger partial charge in [0.15, 0.2) is 0 Å². The molecule has 1 aliphatic heterocycles. The quantitative estimate of drug-likeness (QED) is 0.172. The summed E-state index contributed by atoms with van der Waals surface area (Å²) < 4.78 is 2.56. The number of rotatable bonds is 4. The number of hydrogen-bond acceptors (Lipinski definition) is 1. The van der Waals surface area contributed by atoms with E-state index >= 15 is 0 Å². The Morgan fingerprint density at radius 2 is 0.968 bits per heavy atom. The minimum absolute atomic E-state index is 0.0415. The van der Waals surface area contributed by atoms with Gasteiger partial charge in [0.1, 0.15) is 0 Å². The van der Waals surface area contributed by atoms with E-state index in [1.165, 1.54) is 105 Å². The first-order valence-corrected chi connectivity index (χ1v) is 21.9. The minimum atomic E-state index is -0.493. The molecular weight excluding hydrogens is 749 g/mol. The number of nitrogens with zero attached hydrogens (tertiary/aromatic N) is 2. The van der Waals surface area contributed by atoms with Crippen LogP contribution in [0.3, 0.4) is 0 Å². The highest BCUT2D eigenvalue weighted by Crippen LogP contribution is 2.61. The van der Waals surface area contributed by atoms with Crippen molar-refractivity contribution in [3.05, 3.63) is 239 Å². The fraction of sp³-hybridized carbons (Fsp3) is 0.100. The Balaban J connectivity index is 1.01. The summed E-state index contributed by atoms with van der Waals surface area (Å²) in [5, 5.41) is 2.64. The predicted octanol–water partition coefficient (Wildman–Crippen LogP) is 15.5. The van der Waals surface area contributed by atoms with Crippen molar-refractivity contribution in [3.63, 3.8) is 0 Å². The van der Waals surface area contributed by atoms with Crippen LogP contribution in [-0.4, -0.2) is 4.57 Å². The Labute approximate surface area is 363 Å². The van der Waals surface area contributed by atoms with Gasteiger partial charge in [0.2, 0.25) is 0 Å². The third-order valence-corrected chi connectivity index (χ3v) is 14.5. The molecule has 0 amide bonds. The third kappa shape index (κ3) is 4.59. The summed E-state index contributed by atoms with van der Waals surface area (Å²) in [7, 11) is 0. The second kappa shape index (κ2) is 12.6. The normalized spacial score (nSPS) is 14.4. The van der Waals surface area contributed by atoms with Crippen molar-refractivity contribution in [3.8, 4) is 39.1 Å². The minimum Gasteiger partial charge on any atom is -0.310 e. The molecule has 0 N–H and O–H groups in total. The molecule has 2 nitrogen and oxygen atoms in total. The van der Waals surface area contributed by atoms with Gasteiger partial charge in [-0.25, -0.2) is 0 Å². The monoisotopic (exact) mass is 792 g/mol. The van der Waals surface area contributed by atoms with Gasteiger partial charge < -0.3 is 9.47 Å². The molecule has 2 heterocycles. The lowest BCUT2D eigenvalue weighted by molar-refractivity contribution is 0.660. The molecular formula is C60H44N2. The van der Waals surface area contributed by atoms with Crippen molar-refractivity contribution in [2.75, 3.05) is 4.90 Å². The van der Waals surface area contributed by atoms with Crippen molar-refractivity contribution in [1.29, 1.82) is 0 Å².